The molecule has 2 amide bonds. The van der Waals surface area contributed by atoms with E-state index in [1.165, 1.54) is 5.56 Å². The number of nitrogens with two attached hydrogens (primary N) is 1. The average Bonchev–Trinajstić information content (AvgIpc) is 3.29. The lowest BCUT2D eigenvalue weighted by Crippen LogP contribution is -2.54. The van der Waals surface area contributed by atoms with Gasteiger partial charge in [0, 0.05) is 51.0 Å². The maximum atomic E-state index is 14.1. The summed E-state index contributed by atoms with van der Waals surface area (Å²) in [7, 11) is 2.11. The number of piperazine rings is 1. The number of hydrogen-bond acceptors (Lipinski definition) is 4. The highest BCUT2D eigenvalue weighted by molar-refractivity contribution is 5.75. The highest BCUT2D eigenvalue weighted by Gasteiger charge is 2.40. The maximum absolute atomic E-state index is 14.1. The van der Waals surface area contributed by atoms with Gasteiger partial charge < -0.3 is 25.0 Å². The summed E-state index contributed by atoms with van der Waals surface area (Å²) in [6.07, 6.45) is 2.88. The summed E-state index contributed by atoms with van der Waals surface area (Å²) >= 11 is 0. The van der Waals surface area contributed by atoms with Gasteiger partial charge in [-0.3, -0.25) is 0 Å². The van der Waals surface area contributed by atoms with E-state index in [0.29, 0.717) is 19.6 Å². The van der Waals surface area contributed by atoms with Crippen molar-refractivity contribution in [3.05, 3.63) is 78.2 Å². The van der Waals surface area contributed by atoms with Crippen LogP contribution < -0.4 is 5.73 Å². The number of urea groups is 1. The van der Waals surface area contributed by atoms with E-state index in [2.05, 4.69) is 79.9 Å². The summed E-state index contributed by atoms with van der Waals surface area (Å²) in [6, 6.07) is 20.6. The summed E-state index contributed by atoms with van der Waals surface area (Å²) in [4.78, 5) is 25.6. The fourth-order valence-corrected chi connectivity index (χ4v) is 5.07. The highest BCUT2D eigenvalue weighted by atomic mass is 16.2. The summed E-state index contributed by atoms with van der Waals surface area (Å²) in [5, 5.41) is 0. The van der Waals surface area contributed by atoms with Gasteiger partial charge in [-0.25, -0.2) is 9.78 Å². The fourth-order valence-electron chi connectivity index (χ4n) is 5.07. The summed E-state index contributed by atoms with van der Waals surface area (Å²) in [5.41, 5.74) is 8.90. The molecule has 1 atom stereocenters. The van der Waals surface area contributed by atoms with Gasteiger partial charge in [0.25, 0.3) is 0 Å². The number of amides is 2. The minimum absolute atomic E-state index is 0.0806. The first-order chi connectivity index (χ1) is 17.8. The molecule has 1 aliphatic rings. The van der Waals surface area contributed by atoms with E-state index in [1.807, 2.05) is 34.1 Å². The zero-order valence-corrected chi connectivity index (χ0v) is 22.8. The topological polar surface area (TPSA) is 70.6 Å². The Balaban J connectivity index is 1.79. The monoisotopic (exact) mass is 502 g/mol. The SMILES string of the molecule is CN1CCN(C(=O)N(CCCN)[C@@H](c2nc(-c3ccccc3)cn2Cc2ccccc2)C(C)(C)C)CC1. The van der Waals surface area contributed by atoms with Crippen molar-refractivity contribution in [1.29, 1.82) is 0 Å². The Morgan fingerprint density at radius 1 is 1.00 bits per heavy atom. The third-order valence-electron chi connectivity index (χ3n) is 7.07. The quantitative estimate of drug-likeness (QED) is 0.485. The number of likely N-dealkylation sites (N-methyl/N-ethyl adjacent to an activating group) is 1. The van der Waals surface area contributed by atoms with Gasteiger partial charge in [-0.1, -0.05) is 81.4 Å². The third-order valence-corrected chi connectivity index (χ3v) is 7.07. The van der Waals surface area contributed by atoms with Crippen LogP contribution in [-0.2, 0) is 6.54 Å². The van der Waals surface area contributed by atoms with Crippen LogP contribution in [0.2, 0.25) is 0 Å². The first-order valence-electron chi connectivity index (χ1n) is 13.4. The van der Waals surface area contributed by atoms with Crippen LogP contribution in [-0.4, -0.2) is 76.6 Å². The van der Waals surface area contributed by atoms with E-state index < -0.39 is 0 Å². The zero-order chi connectivity index (χ0) is 26.4. The number of imidazole rings is 1. The summed E-state index contributed by atoms with van der Waals surface area (Å²) in [5.74, 6) is 0.912. The Morgan fingerprint density at radius 2 is 1.62 bits per heavy atom. The van der Waals surface area contributed by atoms with Gasteiger partial charge in [-0.05, 0) is 31.0 Å². The van der Waals surface area contributed by atoms with Crippen LogP contribution in [0.25, 0.3) is 11.3 Å². The zero-order valence-electron chi connectivity index (χ0n) is 22.8. The highest BCUT2D eigenvalue weighted by Crippen LogP contribution is 2.39. The second-order valence-electron chi connectivity index (χ2n) is 11.1. The van der Waals surface area contributed by atoms with E-state index in [0.717, 1.165) is 49.7 Å². The minimum Gasteiger partial charge on any atom is -0.330 e. The molecule has 0 saturated carbocycles. The van der Waals surface area contributed by atoms with E-state index in [-0.39, 0.29) is 17.5 Å². The summed E-state index contributed by atoms with van der Waals surface area (Å²) in [6.45, 7) is 11.7. The van der Waals surface area contributed by atoms with Crippen LogP contribution in [0.15, 0.2) is 66.9 Å². The Bertz CT molecular complexity index is 1130. The van der Waals surface area contributed by atoms with Crippen molar-refractivity contribution in [2.45, 2.75) is 39.8 Å². The lowest BCUT2D eigenvalue weighted by molar-refractivity contribution is 0.0709. The lowest BCUT2D eigenvalue weighted by atomic mass is 9.84. The number of carbonyl (C=O) groups is 1. The molecule has 4 rings (SSSR count). The molecule has 37 heavy (non-hydrogen) atoms. The summed E-state index contributed by atoms with van der Waals surface area (Å²) < 4.78 is 2.24. The van der Waals surface area contributed by atoms with Gasteiger partial charge in [0.15, 0.2) is 0 Å². The van der Waals surface area contributed by atoms with Crippen LogP contribution in [0.4, 0.5) is 4.79 Å². The van der Waals surface area contributed by atoms with Crippen LogP contribution >= 0.6 is 0 Å². The Labute approximate surface area is 221 Å². The number of nitrogens with zero attached hydrogens (tertiary/aromatic N) is 5. The molecule has 3 aromatic rings. The second-order valence-corrected chi connectivity index (χ2v) is 11.1. The van der Waals surface area contributed by atoms with Gasteiger partial charge in [-0.2, -0.15) is 0 Å². The number of benzene rings is 2. The molecule has 1 fully saturated rings. The third kappa shape index (κ3) is 6.59. The molecule has 2 heterocycles. The molecule has 0 unspecified atom stereocenters. The minimum atomic E-state index is -0.245. The Hall–Kier alpha value is -3.16. The van der Waals surface area contributed by atoms with Crippen molar-refractivity contribution in [1.82, 2.24) is 24.3 Å². The van der Waals surface area contributed by atoms with Gasteiger partial charge in [-0.15, -0.1) is 0 Å². The van der Waals surface area contributed by atoms with Crippen molar-refractivity contribution in [2.24, 2.45) is 11.1 Å². The van der Waals surface area contributed by atoms with Crippen LogP contribution in [0.3, 0.4) is 0 Å². The van der Waals surface area contributed by atoms with Crippen molar-refractivity contribution < 1.29 is 4.79 Å². The van der Waals surface area contributed by atoms with Crippen molar-refractivity contribution in [2.75, 3.05) is 46.3 Å². The molecule has 7 nitrogen and oxygen atoms in total. The molecule has 1 aliphatic heterocycles. The van der Waals surface area contributed by atoms with Gasteiger partial charge in [0.2, 0.25) is 0 Å². The molecule has 2 aromatic carbocycles. The first kappa shape index (κ1) is 26.9. The molecule has 0 radical (unpaired) electrons. The van der Waals surface area contributed by atoms with Gasteiger partial charge in [0.05, 0.1) is 11.7 Å². The van der Waals surface area contributed by atoms with Gasteiger partial charge >= 0.3 is 6.03 Å². The fraction of sp³-hybridized carbons (Fsp3) is 0.467. The standard InChI is InChI=1S/C30H42N6O/c1-30(2,3)27(36(17-11-16-31)29(37)34-20-18-33(4)19-21-34)28-32-26(25-14-9-6-10-15-25)23-35(28)22-24-12-7-5-8-13-24/h5-10,12-15,23,27H,11,16-22,31H2,1-4H3/t27-/m0/s1. The van der Waals surface area contributed by atoms with Crippen molar-refractivity contribution >= 4 is 6.03 Å². The molecule has 0 bridgehead atoms. The molecule has 0 spiro atoms. The number of aromatic nitrogens is 2. The van der Waals surface area contributed by atoms with E-state index >= 15 is 0 Å². The smallest absolute Gasteiger partial charge is 0.320 e. The molecule has 198 valence electrons. The molecular weight excluding hydrogens is 460 g/mol. The molecule has 7 heteroatoms. The van der Waals surface area contributed by atoms with E-state index in [9.17, 15) is 4.79 Å². The van der Waals surface area contributed by atoms with Crippen molar-refractivity contribution in [3.63, 3.8) is 0 Å². The lowest BCUT2D eigenvalue weighted by Gasteiger charge is -2.43. The number of rotatable bonds is 8. The second kappa shape index (κ2) is 11.9. The van der Waals surface area contributed by atoms with E-state index in [1.54, 1.807) is 0 Å². The first-order valence-corrected chi connectivity index (χ1v) is 13.4. The van der Waals surface area contributed by atoms with Crippen LogP contribution in [0.5, 0.6) is 0 Å². The molecule has 1 saturated heterocycles. The normalized spacial score (nSPS) is 15.5. The molecule has 0 aliphatic carbocycles. The number of carbonyl (C=O) groups excluding carboxylic acids is 1. The van der Waals surface area contributed by atoms with Crippen molar-refractivity contribution in [3.8, 4) is 11.3 Å². The Morgan fingerprint density at radius 3 is 2.22 bits per heavy atom. The van der Waals surface area contributed by atoms with Crippen LogP contribution in [0.1, 0.15) is 44.6 Å². The Kier molecular flexibility index (Phi) is 8.67. The molecule has 1 aromatic heterocycles. The number of hydrogen-bond donors (Lipinski definition) is 1. The predicted octanol–water partition coefficient (Wildman–Crippen LogP) is 4.70. The average molecular weight is 503 g/mol. The van der Waals surface area contributed by atoms with Crippen LogP contribution in [0, 0.1) is 5.41 Å². The largest absolute Gasteiger partial charge is 0.330 e. The molecular formula is C30H42N6O. The van der Waals surface area contributed by atoms with Gasteiger partial charge in [0.1, 0.15) is 5.82 Å². The predicted molar refractivity (Wildman–Crippen MR) is 150 cm³/mol. The maximum Gasteiger partial charge on any atom is 0.320 e. The molecule has 2 N–H and O–H groups in total. The van der Waals surface area contributed by atoms with E-state index in [4.69, 9.17) is 10.7 Å².